The Morgan fingerprint density at radius 1 is 0.889 bits per heavy atom. The highest BCUT2D eigenvalue weighted by Gasteiger charge is 2.02. The molecule has 0 saturated heterocycles. The van der Waals surface area contributed by atoms with Crippen LogP contribution in [0, 0.1) is 0 Å². The first-order chi connectivity index (χ1) is 8.25. The fraction of sp³-hybridized carbons (Fsp3) is 0.250. The van der Waals surface area contributed by atoms with Gasteiger partial charge in [-0.3, -0.25) is 0 Å². The second-order valence-electron chi connectivity index (χ2n) is 4.50. The van der Waals surface area contributed by atoms with Gasteiger partial charge in [-0.1, -0.05) is 69.0 Å². The normalized spacial score (nSPS) is 9.44. The Balaban J connectivity index is 0.00000162. The third-order valence-corrected chi connectivity index (χ3v) is 2.80. The molecule has 0 N–H and O–H groups in total. The smallest absolute Gasteiger partial charge is 0.169 e. The molecule has 2 rings (SSSR count). The minimum atomic E-state index is 0. The van der Waals surface area contributed by atoms with Gasteiger partial charge in [0.2, 0.25) is 0 Å². The van der Waals surface area contributed by atoms with Crippen molar-refractivity contribution in [1.29, 1.82) is 0 Å². The first kappa shape index (κ1) is 14.4. The lowest BCUT2D eigenvalue weighted by Crippen LogP contribution is -2.21. The highest BCUT2D eigenvalue weighted by Crippen LogP contribution is 2.11. The molecular formula is C16H21BO. The molecule has 1 nitrogen and oxygen atoms in total. The Bertz CT molecular complexity index is 448. The SMILES string of the molecule is C.CB(C)c1ccc(OCc2ccccc2)cc1. The summed E-state index contributed by atoms with van der Waals surface area (Å²) in [6, 6.07) is 18.6. The summed E-state index contributed by atoms with van der Waals surface area (Å²) in [5.74, 6) is 0.929. The van der Waals surface area contributed by atoms with Gasteiger partial charge in [-0.25, -0.2) is 0 Å². The van der Waals surface area contributed by atoms with Gasteiger partial charge in [-0.05, 0) is 17.7 Å². The molecule has 0 radical (unpaired) electrons. The van der Waals surface area contributed by atoms with Gasteiger partial charge in [0.15, 0.2) is 6.71 Å². The van der Waals surface area contributed by atoms with Crippen molar-refractivity contribution >= 4 is 12.2 Å². The van der Waals surface area contributed by atoms with Gasteiger partial charge in [-0.2, -0.15) is 0 Å². The Kier molecular flexibility index (Phi) is 5.51. The summed E-state index contributed by atoms with van der Waals surface area (Å²) in [6.07, 6.45) is 0. The Labute approximate surface area is 111 Å². The molecule has 0 aliphatic carbocycles. The second kappa shape index (κ2) is 6.90. The molecule has 0 amide bonds. The fourth-order valence-corrected chi connectivity index (χ4v) is 1.69. The summed E-state index contributed by atoms with van der Waals surface area (Å²) >= 11 is 0. The van der Waals surface area contributed by atoms with Gasteiger partial charge >= 0.3 is 0 Å². The van der Waals surface area contributed by atoms with E-state index in [1.54, 1.807) is 0 Å². The Hall–Kier alpha value is -1.70. The van der Waals surface area contributed by atoms with Crippen LogP contribution in [0.4, 0.5) is 0 Å². The average molecular weight is 240 g/mol. The highest BCUT2D eigenvalue weighted by molar-refractivity contribution is 6.70. The number of benzene rings is 2. The van der Waals surface area contributed by atoms with Crippen molar-refractivity contribution in [1.82, 2.24) is 0 Å². The molecule has 2 aromatic carbocycles. The van der Waals surface area contributed by atoms with Crippen molar-refractivity contribution in [3.63, 3.8) is 0 Å². The first-order valence-corrected chi connectivity index (χ1v) is 6.02. The molecule has 0 saturated carbocycles. The summed E-state index contributed by atoms with van der Waals surface area (Å²) in [6.45, 7) is 5.58. The number of hydrogen-bond donors (Lipinski definition) is 0. The maximum absolute atomic E-state index is 5.73. The van der Waals surface area contributed by atoms with E-state index in [-0.39, 0.29) is 7.43 Å². The maximum Gasteiger partial charge on any atom is 0.169 e. The second-order valence-corrected chi connectivity index (χ2v) is 4.50. The van der Waals surface area contributed by atoms with Crippen LogP contribution in [0.3, 0.4) is 0 Å². The molecule has 0 bridgehead atoms. The molecule has 2 heteroatoms. The van der Waals surface area contributed by atoms with E-state index in [2.05, 4.69) is 37.9 Å². The van der Waals surface area contributed by atoms with Crippen molar-refractivity contribution in [2.75, 3.05) is 0 Å². The molecule has 0 aliphatic rings. The van der Waals surface area contributed by atoms with E-state index in [0.29, 0.717) is 13.3 Å². The van der Waals surface area contributed by atoms with Crippen LogP contribution in [0.1, 0.15) is 13.0 Å². The monoisotopic (exact) mass is 240 g/mol. The Morgan fingerprint density at radius 2 is 1.50 bits per heavy atom. The van der Waals surface area contributed by atoms with Crippen LogP contribution in [0.15, 0.2) is 54.6 Å². The summed E-state index contributed by atoms with van der Waals surface area (Å²) in [7, 11) is 0. The standard InChI is InChI=1S/C15H17BO.CH4/c1-16(2)14-8-10-15(11-9-14)17-12-13-6-4-3-5-7-13;/h3-11H,12H2,1-2H3;1H4. The third-order valence-electron chi connectivity index (χ3n) is 2.80. The van der Waals surface area contributed by atoms with E-state index in [9.17, 15) is 0 Å². The quantitative estimate of drug-likeness (QED) is 0.737. The van der Waals surface area contributed by atoms with E-state index in [0.717, 1.165) is 5.75 Å². The van der Waals surface area contributed by atoms with Crippen LogP contribution in [-0.2, 0) is 6.61 Å². The summed E-state index contributed by atoms with van der Waals surface area (Å²) in [5, 5.41) is 0. The van der Waals surface area contributed by atoms with E-state index >= 15 is 0 Å². The molecule has 2 aromatic rings. The van der Waals surface area contributed by atoms with Crippen molar-refractivity contribution in [3.8, 4) is 5.75 Å². The lowest BCUT2D eigenvalue weighted by atomic mass is 9.49. The van der Waals surface area contributed by atoms with Gasteiger partial charge in [0, 0.05) is 0 Å². The van der Waals surface area contributed by atoms with Crippen LogP contribution in [0.5, 0.6) is 5.75 Å². The molecule has 0 aromatic heterocycles. The van der Waals surface area contributed by atoms with Gasteiger partial charge < -0.3 is 4.74 Å². The van der Waals surface area contributed by atoms with Crippen LogP contribution < -0.4 is 10.2 Å². The fourth-order valence-electron chi connectivity index (χ4n) is 1.69. The topological polar surface area (TPSA) is 9.23 Å². The largest absolute Gasteiger partial charge is 0.489 e. The summed E-state index contributed by atoms with van der Waals surface area (Å²) < 4.78 is 5.73. The molecular weight excluding hydrogens is 219 g/mol. The molecule has 0 heterocycles. The zero-order valence-electron chi connectivity index (χ0n) is 10.4. The van der Waals surface area contributed by atoms with Crippen molar-refractivity contribution in [2.45, 2.75) is 27.7 Å². The summed E-state index contributed by atoms with van der Waals surface area (Å²) in [4.78, 5) is 0. The van der Waals surface area contributed by atoms with Gasteiger partial charge in [0.25, 0.3) is 0 Å². The van der Waals surface area contributed by atoms with Gasteiger partial charge in [0.05, 0.1) is 0 Å². The minimum Gasteiger partial charge on any atom is -0.489 e. The number of ether oxygens (including phenoxy) is 1. The highest BCUT2D eigenvalue weighted by atomic mass is 16.5. The molecule has 0 fully saturated rings. The zero-order valence-corrected chi connectivity index (χ0v) is 10.4. The average Bonchev–Trinajstić information content (AvgIpc) is 2.38. The molecule has 0 atom stereocenters. The lowest BCUT2D eigenvalue weighted by Gasteiger charge is -2.08. The molecule has 0 unspecified atom stereocenters. The Morgan fingerprint density at radius 3 is 2.06 bits per heavy atom. The van der Waals surface area contributed by atoms with Crippen molar-refractivity contribution in [2.24, 2.45) is 0 Å². The number of rotatable bonds is 4. The van der Waals surface area contributed by atoms with Crippen LogP contribution in [-0.4, -0.2) is 6.71 Å². The van der Waals surface area contributed by atoms with Gasteiger partial charge in [0.1, 0.15) is 12.4 Å². The predicted molar refractivity (Wildman–Crippen MR) is 81.1 cm³/mol. The van der Waals surface area contributed by atoms with Crippen molar-refractivity contribution < 1.29 is 4.74 Å². The first-order valence-electron chi connectivity index (χ1n) is 6.02. The van der Waals surface area contributed by atoms with Crippen molar-refractivity contribution in [3.05, 3.63) is 60.2 Å². The molecule has 0 aliphatic heterocycles. The number of hydrogen-bond acceptors (Lipinski definition) is 1. The third kappa shape index (κ3) is 3.95. The van der Waals surface area contributed by atoms with Crippen LogP contribution in [0.25, 0.3) is 0 Å². The molecule has 94 valence electrons. The van der Waals surface area contributed by atoms with Gasteiger partial charge in [-0.15, -0.1) is 0 Å². The maximum atomic E-state index is 5.73. The van der Waals surface area contributed by atoms with Crippen LogP contribution >= 0.6 is 0 Å². The van der Waals surface area contributed by atoms with Crippen LogP contribution in [0.2, 0.25) is 13.6 Å². The lowest BCUT2D eigenvalue weighted by molar-refractivity contribution is 0.306. The zero-order chi connectivity index (χ0) is 12.1. The molecule has 0 spiro atoms. The molecule has 18 heavy (non-hydrogen) atoms. The van der Waals surface area contributed by atoms with E-state index in [1.807, 2.05) is 30.3 Å². The van der Waals surface area contributed by atoms with E-state index in [4.69, 9.17) is 4.74 Å². The van der Waals surface area contributed by atoms with E-state index < -0.39 is 0 Å². The summed E-state index contributed by atoms with van der Waals surface area (Å²) in [5.41, 5.74) is 2.54. The minimum absolute atomic E-state index is 0. The van der Waals surface area contributed by atoms with E-state index in [1.165, 1.54) is 11.0 Å². The predicted octanol–water partition coefficient (Wildman–Crippen LogP) is 3.86.